The maximum Gasteiger partial charge on any atom is 0.397 e. The fraction of sp³-hybridized carbons (Fsp3) is 0.889. The van der Waals surface area contributed by atoms with Gasteiger partial charge in [-0.15, -0.1) is 0 Å². The van der Waals surface area contributed by atoms with E-state index in [4.69, 9.17) is 0 Å². The topological polar surface area (TPSA) is 32.3 Å². The fourth-order valence-corrected chi connectivity index (χ4v) is 2.34. The summed E-state index contributed by atoms with van der Waals surface area (Å²) in [7, 11) is 0. The number of rotatable bonds is 1. The molecule has 0 aliphatic carbocycles. The first-order chi connectivity index (χ1) is 6.96. The van der Waals surface area contributed by atoms with Crippen LogP contribution in [0.4, 0.5) is 13.2 Å². The van der Waals surface area contributed by atoms with Crippen LogP contribution in [0.5, 0.6) is 0 Å². The molecule has 0 aromatic carbocycles. The van der Waals surface area contributed by atoms with Crippen molar-refractivity contribution in [1.29, 1.82) is 0 Å². The number of fused-ring (bicyclic) bond motifs is 1. The zero-order valence-electron chi connectivity index (χ0n) is 8.18. The van der Waals surface area contributed by atoms with E-state index in [9.17, 15) is 18.0 Å². The van der Waals surface area contributed by atoms with Crippen LogP contribution in [-0.4, -0.2) is 43.2 Å². The van der Waals surface area contributed by atoms with Gasteiger partial charge in [0.1, 0.15) is 6.42 Å². The lowest BCUT2D eigenvalue weighted by atomic mass is 10.0. The van der Waals surface area contributed by atoms with Crippen LogP contribution >= 0.6 is 0 Å². The van der Waals surface area contributed by atoms with Crippen molar-refractivity contribution in [3.63, 3.8) is 0 Å². The van der Waals surface area contributed by atoms with Crippen LogP contribution in [0.3, 0.4) is 0 Å². The van der Waals surface area contributed by atoms with Gasteiger partial charge in [0.05, 0.1) is 0 Å². The van der Waals surface area contributed by atoms with E-state index in [0.717, 1.165) is 13.1 Å². The van der Waals surface area contributed by atoms with Crippen molar-refractivity contribution < 1.29 is 18.0 Å². The Hall–Kier alpha value is -0.780. The van der Waals surface area contributed by atoms with E-state index in [1.807, 2.05) is 0 Å². The van der Waals surface area contributed by atoms with Crippen molar-refractivity contribution in [3.8, 4) is 0 Å². The van der Waals surface area contributed by atoms with Crippen LogP contribution in [0.25, 0.3) is 0 Å². The largest absolute Gasteiger partial charge is 0.397 e. The number of halogens is 3. The number of likely N-dealkylation sites (tertiary alicyclic amines) is 1. The first-order valence-electron chi connectivity index (χ1n) is 5.01. The van der Waals surface area contributed by atoms with Gasteiger partial charge in [-0.1, -0.05) is 0 Å². The second-order valence-corrected chi connectivity index (χ2v) is 4.27. The normalized spacial score (nSPS) is 30.7. The van der Waals surface area contributed by atoms with Crippen molar-refractivity contribution in [3.05, 3.63) is 0 Å². The first kappa shape index (κ1) is 10.7. The van der Waals surface area contributed by atoms with Gasteiger partial charge in [0, 0.05) is 26.2 Å². The second kappa shape index (κ2) is 3.66. The van der Waals surface area contributed by atoms with Gasteiger partial charge in [-0.25, -0.2) is 0 Å². The summed E-state index contributed by atoms with van der Waals surface area (Å²) in [5, 5.41) is 3.17. The van der Waals surface area contributed by atoms with Crippen molar-refractivity contribution in [2.24, 2.45) is 11.8 Å². The monoisotopic (exact) mass is 222 g/mol. The van der Waals surface area contributed by atoms with Gasteiger partial charge in [0.2, 0.25) is 5.91 Å². The average molecular weight is 222 g/mol. The molecule has 15 heavy (non-hydrogen) atoms. The van der Waals surface area contributed by atoms with Gasteiger partial charge in [-0.2, -0.15) is 13.2 Å². The zero-order chi connectivity index (χ0) is 11.1. The summed E-state index contributed by atoms with van der Waals surface area (Å²) in [5.74, 6) is -0.0822. The quantitative estimate of drug-likeness (QED) is 0.705. The molecule has 2 rings (SSSR count). The molecule has 1 amide bonds. The summed E-state index contributed by atoms with van der Waals surface area (Å²) >= 11 is 0. The Kier molecular flexibility index (Phi) is 2.62. The molecule has 2 aliphatic rings. The predicted molar refractivity (Wildman–Crippen MR) is 47.1 cm³/mol. The molecule has 0 aromatic heterocycles. The number of carbonyl (C=O) groups is 1. The van der Waals surface area contributed by atoms with E-state index in [-0.39, 0.29) is 0 Å². The van der Waals surface area contributed by atoms with E-state index in [1.165, 1.54) is 4.90 Å². The number of carbonyl (C=O) groups excluding carboxylic acids is 1. The van der Waals surface area contributed by atoms with Gasteiger partial charge in [0.15, 0.2) is 0 Å². The van der Waals surface area contributed by atoms with E-state index < -0.39 is 18.5 Å². The zero-order valence-corrected chi connectivity index (χ0v) is 8.18. The summed E-state index contributed by atoms with van der Waals surface area (Å²) in [6.07, 6.45) is -5.70. The van der Waals surface area contributed by atoms with Crippen LogP contribution in [0, 0.1) is 11.8 Å². The summed E-state index contributed by atoms with van der Waals surface area (Å²) in [4.78, 5) is 12.6. The molecule has 3 nitrogen and oxygen atoms in total. The molecular weight excluding hydrogens is 209 g/mol. The lowest BCUT2D eigenvalue weighted by molar-refractivity contribution is -0.160. The van der Waals surface area contributed by atoms with E-state index in [1.54, 1.807) is 0 Å². The summed E-state index contributed by atoms with van der Waals surface area (Å²) in [6.45, 7) is 2.60. The smallest absolute Gasteiger partial charge is 0.342 e. The number of hydrogen-bond donors (Lipinski definition) is 1. The minimum absolute atomic E-state index is 0.349. The van der Waals surface area contributed by atoms with Crippen LogP contribution in [0.2, 0.25) is 0 Å². The standard InChI is InChI=1S/C9H13F3N2O/c10-9(11,12)1-8(15)14-4-6-2-13-3-7(6)5-14/h6-7,13H,1-5H2. The third-order valence-electron chi connectivity index (χ3n) is 3.09. The Morgan fingerprint density at radius 1 is 1.27 bits per heavy atom. The van der Waals surface area contributed by atoms with Gasteiger partial charge in [0.25, 0.3) is 0 Å². The molecule has 0 saturated carbocycles. The number of hydrogen-bond acceptors (Lipinski definition) is 2. The molecule has 0 radical (unpaired) electrons. The molecule has 0 spiro atoms. The van der Waals surface area contributed by atoms with Crippen molar-refractivity contribution in [2.75, 3.05) is 26.2 Å². The Labute approximate surface area is 85.6 Å². The lowest BCUT2D eigenvalue weighted by Gasteiger charge is -2.18. The number of amides is 1. The average Bonchev–Trinajstić information content (AvgIpc) is 2.56. The van der Waals surface area contributed by atoms with Gasteiger partial charge in [-0.05, 0) is 11.8 Å². The highest BCUT2D eigenvalue weighted by Gasteiger charge is 2.41. The molecule has 0 bridgehead atoms. The highest BCUT2D eigenvalue weighted by molar-refractivity contribution is 5.77. The third kappa shape index (κ3) is 2.42. The molecule has 1 N–H and O–H groups in total. The summed E-state index contributed by atoms with van der Waals surface area (Å²) in [5.41, 5.74) is 0. The fourth-order valence-electron chi connectivity index (χ4n) is 2.34. The summed E-state index contributed by atoms with van der Waals surface area (Å²) < 4.78 is 36.0. The highest BCUT2D eigenvalue weighted by atomic mass is 19.4. The van der Waals surface area contributed by atoms with Crippen molar-refractivity contribution in [1.82, 2.24) is 10.2 Å². The van der Waals surface area contributed by atoms with Gasteiger partial charge < -0.3 is 10.2 Å². The first-order valence-corrected chi connectivity index (χ1v) is 5.01. The SMILES string of the molecule is O=C(CC(F)(F)F)N1CC2CNCC2C1. The molecule has 2 unspecified atom stereocenters. The van der Waals surface area contributed by atoms with E-state index >= 15 is 0 Å². The Morgan fingerprint density at radius 3 is 2.27 bits per heavy atom. The minimum atomic E-state index is -4.38. The highest BCUT2D eigenvalue weighted by Crippen LogP contribution is 2.28. The van der Waals surface area contributed by atoms with E-state index in [2.05, 4.69) is 5.32 Å². The Balaban J connectivity index is 1.88. The minimum Gasteiger partial charge on any atom is -0.342 e. The second-order valence-electron chi connectivity index (χ2n) is 4.27. The molecule has 2 atom stereocenters. The van der Waals surface area contributed by atoms with Gasteiger partial charge >= 0.3 is 6.18 Å². The molecule has 2 heterocycles. The maximum atomic E-state index is 12.0. The molecule has 2 saturated heterocycles. The lowest BCUT2D eigenvalue weighted by Crippen LogP contribution is -2.34. The molecule has 86 valence electrons. The molecular formula is C9H13F3N2O. The number of alkyl halides is 3. The Morgan fingerprint density at radius 2 is 1.80 bits per heavy atom. The summed E-state index contributed by atoms with van der Waals surface area (Å²) in [6, 6.07) is 0. The molecule has 2 fully saturated rings. The van der Waals surface area contributed by atoms with Crippen LogP contribution in [-0.2, 0) is 4.79 Å². The molecule has 2 aliphatic heterocycles. The number of nitrogens with zero attached hydrogens (tertiary/aromatic N) is 1. The van der Waals surface area contributed by atoms with Crippen molar-refractivity contribution >= 4 is 5.91 Å². The van der Waals surface area contributed by atoms with Crippen molar-refractivity contribution in [2.45, 2.75) is 12.6 Å². The molecule has 6 heteroatoms. The van der Waals surface area contributed by atoms with Crippen LogP contribution in [0.15, 0.2) is 0 Å². The van der Waals surface area contributed by atoms with Crippen LogP contribution in [0.1, 0.15) is 6.42 Å². The van der Waals surface area contributed by atoms with E-state index in [0.29, 0.717) is 24.9 Å². The van der Waals surface area contributed by atoms with Gasteiger partial charge in [-0.3, -0.25) is 4.79 Å². The third-order valence-corrected chi connectivity index (χ3v) is 3.09. The maximum absolute atomic E-state index is 12.0. The Bertz CT molecular complexity index is 255. The number of nitrogens with one attached hydrogen (secondary N) is 1. The predicted octanol–water partition coefficient (Wildman–Crippen LogP) is 0.617. The molecule has 0 aromatic rings. The van der Waals surface area contributed by atoms with Crippen LogP contribution < -0.4 is 5.32 Å².